The van der Waals surface area contributed by atoms with Gasteiger partial charge in [0.25, 0.3) is 0 Å². The van der Waals surface area contributed by atoms with Gasteiger partial charge in [-0.3, -0.25) is 9.48 Å². The summed E-state index contributed by atoms with van der Waals surface area (Å²) < 4.78 is 1.73. The third kappa shape index (κ3) is 3.92. The molecule has 0 saturated carbocycles. The van der Waals surface area contributed by atoms with E-state index in [1.165, 1.54) is 6.20 Å². The number of carbonyl (C=O) groups excluding carboxylic acids is 1. The molecule has 1 amide bonds. The van der Waals surface area contributed by atoms with Crippen LogP contribution in [0.15, 0.2) is 12.4 Å². The summed E-state index contributed by atoms with van der Waals surface area (Å²) in [6, 6.07) is 0.176. The van der Waals surface area contributed by atoms with E-state index in [0.717, 1.165) is 38.8 Å². The summed E-state index contributed by atoms with van der Waals surface area (Å²) in [4.78, 5) is 25.5. The Morgan fingerprint density at radius 2 is 1.91 bits per heavy atom. The van der Waals surface area contributed by atoms with Crippen molar-refractivity contribution in [2.75, 3.05) is 13.1 Å². The molecular weight excluding hydrogens is 294 g/mol. The highest BCUT2D eigenvalue weighted by molar-refractivity contribution is 5.86. The standard InChI is InChI=1S/C17H27N3O3/c1-4-13(5-2)12(3)16(21)19-8-6-15(7-9-19)20-11-14(10-18-20)17(22)23/h10-13,15H,4-9H2,1-3H3,(H,22,23). The molecule has 0 aliphatic carbocycles. The zero-order valence-electron chi connectivity index (χ0n) is 14.2. The lowest BCUT2D eigenvalue weighted by Gasteiger charge is -2.35. The molecule has 1 aliphatic rings. The van der Waals surface area contributed by atoms with Gasteiger partial charge in [-0.1, -0.05) is 33.6 Å². The first-order valence-corrected chi connectivity index (χ1v) is 8.54. The van der Waals surface area contributed by atoms with Crippen LogP contribution in [0.5, 0.6) is 0 Å². The number of aromatic nitrogens is 2. The zero-order valence-corrected chi connectivity index (χ0v) is 14.2. The van der Waals surface area contributed by atoms with Crippen molar-refractivity contribution < 1.29 is 14.7 Å². The van der Waals surface area contributed by atoms with Gasteiger partial charge in [0.05, 0.1) is 17.8 Å². The minimum atomic E-state index is -0.956. The molecule has 1 aliphatic heterocycles. The Labute approximate surface area is 137 Å². The minimum absolute atomic E-state index is 0.0740. The van der Waals surface area contributed by atoms with Crippen LogP contribution in [0.3, 0.4) is 0 Å². The molecule has 1 aromatic rings. The monoisotopic (exact) mass is 321 g/mol. The van der Waals surface area contributed by atoms with Crippen molar-refractivity contribution >= 4 is 11.9 Å². The molecule has 1 atom stereocenters. The van der Waals surface area contributed by atoms with Crippen LogP contribution < -0.4 is 0 Å². The molecule has 1 N–H and O–H groups in total. The van der Waals surface area contributed by atoms with Gasteiger partial charge in [-0.2, -0.15) is 5.10 Å². The highest BCUT2D eigenvalue weighted by Crippen LogP contribution is 2.26. The van der Waals surface area contributed by atoms with Crippen molar-refractivity contribution in [3.63, 3.8) is 0 Å². The van der Waals surface area contributed by atoms with Gasteiger partial charge in [0.15, 0.2) is 0 Å². The van der Waals surface area contributed by atoms with Crippen molar-refractivity contribution in [3.8, 4) is 0 Å². The molecule has 6 heteroatoms. The molecule has 0 bridgehead atoms. The third-order valence-electron chi connectivity index (χ3n) is 5.14. The average molecular weight is 321 g/mol. The Morgan fingerprint density at radius 1 is 1.30 bits per heavy atom. The smallest absolute Gasteiger partial charge is 0.338 e. The quantitative estimate of drug-likeness (QED) is 0.874. The maximum Gasteiger partial charge on any atom is 0.338 e. The predicted octanol–water partition coefficient (Wildman–Crippen LogP) is 2.82. The van der Waals surface area contributed by atoms with E-state index in [1.807, 2.05) is 11.8 Å². The SMILES string of the molecule is CCC(CC)C(C)C(=O)N1CCC(n2cc(C(=O)O)cn2)CC1. The lowest BCUT2D eigenvalue weighted by Crippen LogP contribution is -2.43. The molecule has 2 heterocycles. The molecule has 2 rings (SSSR count). The molecule has 128 valence electrons. The second kappa shape index (κ2) is 7.62. The van der Waals surface area contributed by atoms with Gasteiger partial charge >= 0.3 is 5.97 Å². The second-order valence-corrected chi connectivity index (χ2v) is 6.44. The largest absolute Gasteiger partial charge is 0.478 e. The van der Waals surface area contributed by atoms with Gasteiger partial charge in [-0.25, -0.2) is 4.79 Å². The van der Waals surface area contributed by atoms with Gasteiger partial charge in [-0.05, 0) is 18.8 Å². The first kappa shape index (κ1) is 17.5. The first-order valence-electron chi connectivity index (χ1n) is 8.54. The Balaban J connectivity index is 1.92. The van der Waals surface area contributed by atoms with Crippen LogP contribution in [-0.2, 0) is 4.79 Å². The summed E-state index contributed by atoms with van der Waals surface area (Å²) >= 11 is 0. The van der Waals surface area contributed by atoms with Crippen molar-refractivity contribution in [1.82, 2.24) is 14.7 Å². The summed E-state index contributed by atoms with van der Waals surface area (Å²) in [7, 11) is 0. The van der Waals surface area contributed by atoms with Crippen molar-refractivity contribution in [2.24, 2.45) is 11.8 Å². The molecule has 1 saturated heterocycles. The van der Waals surface area contributed by atoms with E-state index in [9.17, 15) is 9.59 Å². The fraction of sp³-hybridized carbons (Fsp3) is 0.706. The number of carboxylic acid groups (broad SMARTS) is 1. The summed E-state index contributed by atoms with van der Waals surface area (Å²) in [5.41, 5.74) is 0.214. The van der Waals surface area contributed by atoms with Gasteiger partial charge in [0.2, 0.25) is 5.91 Å². The molecule has 0 spiro atoms. The lowest BCUT2D eigenvalue weighted by molar-refractivity contribution is -0.138. The van der Waals surface area contributed by atoms with E-state index in [0.29, 0.717) is 5.92 Å². The number of carbonyl (C=O) groups is 2. The van der Waals surface area contributed by atoms with Crippen molar-refractivity contribution in [3.05, 3.63) is 18.0 Å². The molecule has 1 unspecified atom stereocenters. The summed E-state index contributed by atoms with van der Waals surface area (Å²) in [6.45, 7) is 7.76. The van der Waals surface area contributed by atoms with E-state index < -0.39 is 5.97 Å². The van der Waals surface area contributed by atoms with E-state index in [1.54, 1.807) is 10.9 Å². The molecule has 0 radical (unpaired) electrons. The van der Waals surface area contributed by atoms with Crippen LogP contribution in [0.25, 0.3) is 0 Å². The van der Waals surface area contributed by atoms with Gasteiger partial charge in [0.1, 0.15) is 0 Å². The Bertz CT molecular complexity index is 543. The number of aromatic carboxylic acids is 1. The summed E-state index contributed by atoms with van der Waals surface area (Å²) in [6.07, 6.45) is 6.67. The summed E-state index contributed by atoms with van der Waals surface area (Å²) in [5, 5.41) is 13.1. The van der Waals surface area contributed by atoms with E-state index >= 15 is 0 Å². The number of amides is 1. The molecule has 1 fully saturated rings. The number of nitrogens with zero attached hydrogens (tertiary/aromatic N) is 3. The molecule has 6 nitrogen and oxygen atoms in total. The van der Waals surface area contributed by atoms with Gasteiger partial charge < -0.3 is 10.0 Å². The number of carboxylic acids is 1. The predicted molar refractivity (Wildman–Crippen MR) is 87.3 cm³/mol. The highest BCUT2D eigenvalue weighted by atomic mass is 16.4. The Morgan fingerprint density at radius 3 is 2.39 bits per heavy atom. The molecular formula is C17H27N3O3. The second-order valence-electron chi connectivity index (χ2n) is 6.44. The van der Waals surface area contributed by atoms with Crippen LogP contribution in [0, 0.1) is 11.8 Å². The van der Waals surface area contributed by atoms with E-state index in [2.05, 4.69) is 18.9 Å². The first-order chi connectivity index (χ1) is 11.0. The van der Waals surface area contributed by atoms with Crippen molar-refractivity contribution in [2.45, 2.75) is 52.5 Å². The number of hydrogen-bond acceptors (Lipinski definition) is 3. The number of piperidine rings is 1. The number of likely N-dealkylation sites (tertiary alicyclic amines) is 1. The van der Waals surface area contributed by atoms with Crippen LogP contribution in [0.4, 0.5) is 0 Å². The molecule has 23 heavy (non-hydrogen) atoms. The summed E-state index contributed by atoms with van der Waals surface area (Å²) in [5.74, 6) is -0.180. The Hall–Kier alpha value is -1.85. The normalized spacial score (nSPS) is 17.5. The number of rotatable bonds is 6. The van der Waals surface area contributed by atoms with E-state index in [4.69, 9.17) is 5.11 Å². The van der Waals surface area contributed by atoms with Crippen LogP contribution in [-0.4, -0.2) is 44.8 Å². The van der Waals surface area contributed by atoms with Crippen LogP contribution in [0.2, 0.25) is 0 Å². The topological polar surface area (TPSA) is 75.4 Å². The number of hydrogen-bond donors (Lipinski definition) is 1. The van der Waals surface area contributed by atoms with Crippen molar-refractivity contribution in [1.29, 1.82) is 0 Å². The lowest BCUT2D eigenvalue weighted by atomic mass is 9.87. The van der Waals surface area contributed by atoms with Crippen LogP contribution in [0.1, 0.15) is 62.9 Å². The van der Waals surface area contributed by atoms with Crippen LogP contribution >= 0.6 is 0 Å². The zero-order chi connectivity index (χ0) is 17.0. The minimum Gasteiger partial charge on any atom is -0.478 e. The third-order valence-corrected chi connectivity index (χ3v) is 5.14. The van der Waals surface area contributed by atoms with Gasteiger partial charge in [-0.15, -0.1) is 0 Å². The van der Waals surface area contributed by atoms with Gasteiger partial charge in [0, 0.05) is 25.2 Å². The maximum absolute atomic E-state index is 12.6. The maximum atomic E-state index is 12.6. The molecule has 1 aromatic heterocycles. The fourth-order valence-corrected chi connectivity index (χ4v) is 3.48. The highest BCUT2D eigenvalue weighted by Gasteiger charge is 2.30. The van der Waals surface area contributed by atoms with E-state index in [-0.39, 0.29) is 23.4 Å². The average Bonchev–Trinajstić information content (AvgIpc) is 3.05. The Kier molecular flexibility index (Phi) is 5.80. The molecule has 0 aromatic carbocycles. The fourth-order valence-electron chi connectivity index (χ4n) is 3.48.